The van der Waals surface area contributed by atoms with Crippen LogP contribution >= 0.6 is 0 Å². The molecular formula is C25H23F2N7O2. The number of nitrogens with one attached hydrogen (secondary N) is 2. The summed E-state index contributed by atoms with van der Waals surface area (Å²) in [5, 5.41) is 14.8. The van der Waals surface area contributed by atoms with Crippen LogP contribution in [0.25, 0.3) is 0 Å². The number of rotatable bonds is 10. The summed E-state index contributed by atoms with van der Waals surface area (Å²) in [6.45, 7) is 3.53. The second-order valence-corrected chi connectivity index (χ2v) is 7.52. The molecule has 184 valence electrons. The first-order valence-corrected chi connectivity index (χ1v) is 10.8. The minimum atomic E-state index is -0.595. The highest BCUT2D eigenvalue weighted by Gasteiger charge is 2.14. The summed E-state index contributed by atoms with van der Waals surface area (Å²) >= 11 is 0. The molecule has 0 aliphatic carbocycles. The van der Waals surface area contributed by atoms with Crippen molar-refractivity contribution in [3.8, 4) is 6.07 Å². The Labute approximate surface area is 206 Å². The van der Waals surface area contributed by atoms with E-state index >= 15 is 0 Å². The van der Waals surface area contributed by atoms with Crippen LogP contribution in [0.5, 0.6) is 0 Å². The molecule has 36 heavy (non-hydrogen) atoms. The van der Waals surface area contributed by atoms with Gasteiger partial charge in [-0.1, -0.05) is 11.1 Å². The number of nitrogens with zero attached hydrogens (tertiary/aromatic N) is 5. The van der Waals surface area contributed by atoms with E-state index in [0.29, 0.717) is 21.9 Å². The summed E-state index contributed by atoms with van der Waals surface area (Å²) in [6.07, 6.45) is 2.72. The molecule has 1 aromatic heterocycles. The monoisotopic (exact) mass is 491 g/mol. The molecule has 0 atom stereocenters. The molecule has 0 saturated heterocycles. The van der Waals surface area contributed by atoms with Gasteiger partial charge in [-0.25, -0.2) is 9.37 Å². The number of halogens is 2. The highest BCUT2D eigenvalue weighted by atomic mass is 19.2. The fourth-order valence-corrected chi connectivity index (χ4v) is 3.10. The van der Waals surface area contributed by atoms with Gasteiger partial charge >= 0.3 is 0 Å². The number of amides is 2. The Hall–Kier alpha value is -4.85. The lowest BCUT2D eigenvalue weighted by Gasteiger charge is -2.18. The summed E-state index contributed by atoms with van der Waals surface area (Å²) < 4.78 is 28.7. The number of anilines is 4. The highest BCUT2D eigenvalue weighted by Crippen LogP contribution is 2.25. The third-order valence-electron chi connectivity index (χ3n) is 5.04. The molecule has 0 aliphatic rings. The molecule has 0 radical (unpaired) electrons. The van der Waals surface area contributed by atoms with Gasteiger partial charge in [-0.2, -0.15) is 15.4 Å². The van der Waals surface area contributed by atoms with Gasteiger partial charge in [0, 0.05) is 31.0 Å². The molecule has 1 heterocycles. The maximum Gasteiger partial charge on any atom is 0.255 e. The molecule has 0 fully saturated rings. The molecule has 3 rings (SSSR count). The molecule has 2 N–H and O–H groups in total. The molecule has 0 saturated carbocycles. The third-order valence-corrected chi connectivity index (χ3v) is 5.04. The molecule has 2 aromatic carbocycles. The summed E-state index contributed by atoms with van der Waals surface area (Å²) in [5.74, 6) is -1.34. The maximum atomic E-state index is 14.6. The largest absolute Gasteiger partial charge is 0.352 e. The van der Waals surface area contributed by atoms with E-state index < -0.39 is 11.7 Å². The lowest BCUT2D eigenvalue weighted by molar-refractivity contribution is -0.113. The van der Waals surface area contributed by atoms with Crippen molar-refractivity contribution in [3.05, 3.63) is 84.3 Å². The number of carbonyl (C=O) groups excluding carboxylic acids is 2. The zero-order valence-corrected chi connectivity index (χ0v) is 19.4. The fraction of sp³-hybridized carbons (Fsp3) is 0.160. The number of likely N-dealkylation sites (N-methyl/N-ethyl adjacent to an activating group) is 1. The Bertz CT molecular complexity index is 1290. The summed E-state index contributed by atoms with van der Waals surface area (Å²) in [7, 11) is 1.42. The Balaban J connectivity index is 1.56. The molecule has 3 aromatic rings. The number of carbonyl (C=O) groups is 2. The first-order valence-electron chi connectivity index (χ1n) is 10.8. The average molecular weight is 492 g/mol. The molecule has 2 amide bonds. The van der Waals surface area contributed by atoms with Crippen molar-refractivity contribution < 1.29 is 18.5 Å². The SMILES string of the molecule is C=CC(=O)N(C)c1cc(Nc2ccnc(N(F)CCCNC(=O)c3ccc(C#N)cc3)n2)ccc1F. The van der Waals surface area contributed by atoms with E-state index in [1.165, 1.54) is 37.5 Å². The van der Waals surface area contributed by atoms with Crippen LogP contribution in [0.4, 0.5) is 32.0 Å². The van der Waals surface area contributed by atoms with Gasteiger partial charge in [0.05, 0.1) is 23.9 Å². The Morgan fingerprint density at radius 3 is 2.64 bits per heavy atom. The first kappa shape index (κ1) is 25.8. The Morgan fingerprint density at radius 2 is 1.94 bits per heavy atom. The third kappa shape index (κ3) is 6.60. The molecule has 9 nitrogen and oxygen atoms in total. The van der Waals surface area contributed by atoms with Gasteiger partial charge in [-0.15, -0.1) is 0 Å². The van der Waals surface area contributed by atoms with Gasteiger partial charge in [0.1, 0.15) is 11.6 Å². The van der Waals surface area contributed by atoms with Crippen LogP contribution < -0.4 is 20.7 Å². The second kappa shape index (κ2) is 12.0. The van der Waals surface area contributed by atoms with Crippen LogP contribution in [-0.4, -0.2) is 41.9 Å². The van der Waals surface area contributed by atoms with Crippen molar-refractivity contribution >= 4 is 35.0 Å². The normalized spacial score (nSPS) is 10.2. The molecule has 11 heteroatoms. The van der Waals surface area contributed by atoms with Crippen LogP contribution in [0, 0.1) is 17.1 Å². The molecule has 0 bridgehead atoms. The van der Waals surface area contributed by atoms with Crippen molar-refractivity contribution in [1.29, 1.82) is 5.26 Å². The minimum Gasteiger partial charge on any atom is -0.352 e. The van der Waals surface area contributed by atoms with Crippen molar-refractivity contribution in [2.24, 2.45) is 0 Å². The van der Waals surface area contributed by atoms with Crippen LogP contribution in [-0.2, 0) is 4.79 Å². The average Bonchev–Trinajstić information content (AvgIpc) is 2.91. The zero-order valence-electron chi connectivity index (χ0n) is 19.4. The molecule has 0 unspecified atom stereocenters. The number of hydrogen-bond donors (Lipinski definition) is 2. The molecular weight excluding hydrogens is 468 g/mol. The summed E-state index contributed by atoms with van der Waals surface area (Å²) in [6, 6.07) is 13.7. The highest BCUT2D eigenvalue weighted by molar-refractivity contribution is 6.01. The molecule has 0 aliphatic heterocycles. The quantitative estimate of drug-likeness (QED) is 0.251. The smallest absolute Gasteiger partial charge is 0.255 e. The van der Waals surface area contributed by atoms with Crippen LogP contribution in [0.3, 0.4) is 0 Å². The Morgan fingerprint density at radius 1 is 1.19 bits per heavy atom. The number of hydrogen-bond acceptors (Lipinski definition) is 7. The van der Waals surface area contributed by atoms with E-state index in [1.54, 1.807) is 24.3 Å². The van der Waals surface area contributed by atoms with Crippen molar-refractivity contribution in [2.75, 3.05) is 35.5 Å². The van der Waals surface area contributed by atoms with Crippen LogP contribution in [0.1, 0.15) is 22.3 Å². The maximum absolute atomic E-state index is 14.6. The van der Waals surface area contributed by atoms with Gasteiger partial charge in [0.25, 0.3) is 11.9 Å². The number of benzene rings is 2. The van der Waals surface area contributed by atoms with Gasteiger partial charge in [0.15, 0.2) is 0 Å². The molecule has 0 spiro atoms. The predicted molar refractivity (Wildman–Crippen MR) is 132 cm³/mol. The van der Waals surface area contributed by atoms with Gasteiger partial charge in [-0.05, 0) is 61.0 Å². The van der Waals surface area contributed by atoms with E-state index in [4.69, 9.17) is 5.26 Å². The van der Waals surface area contributed by atoms with Gasteiger partial charge in [0.2, 0.25) is 5.91 Å². The number of aromatic nitrogens is 2. The minimum absolute atomic E-state index is 0.0364. The van der Waals surface area contributed by atoms with E-state index in [9.17, 15) is 18.5 Å². The lowest BCUT2D eigenvalue weighted by atomic mass is 10.1. The fourth-order valence-electron chi connectivity index (χ4n) is 3.10. The van der Waals surface area contributed by atoms with Crippen LogP contribution in [0.2, 0.25) is 0 Å². The van der Waals surface area contributed by atoms with Crippen LogP contribution in [0.15, 0.2) is 67.4 Å². The first-order chi connectivity index (χ1) is 17.3. The van der Waals surface area contributed by atoms with Crippen molar-refractivity contribution in [1.82, 2.24) is 15.3 Å². The topological polar surface area (TPSA) is 114 Å². The van der Waals surface area contributed by atoms with E-state index in [0.717, 1.165) is 11.0 Å². The van der Waals surface area contributed by atoms with Gasteiger partial charge in [-0.3, -0.25) is 9.59 Å². The van der Waals surface area contributed by atoms with Crippen molar-refractivity contribution in [2.45, 2.75) is 6.42 Å². The van der Waals surface area contributed by atoms with Gasteiger partial charge < -0.3 is 15.5 Å². The zero-order chi connectivity index (χ0) is 26.1. The predicted octanol–water partition coefficient (Wildman–Crippen LogP) is 3.89. The van der Waals surface area contributed by atoms with E-state index in [2.05, 4.69) is 27.2 Å². The summed E-state index contributed by atoms with van der Waals surface area (Å²) in [5.41, 5.74) is 1.31. The Kier molecular flexibility index (Phi) is 8.61. The standard InChI is InChI=1S/C25H23F2N7O2/c1-3-23(35)33(2)21-15-19(9-10-20(21)26)31-22-11-13-30-25(32-22)34(27)14-4-12-29-24(36)18-7-5-17(16-28)6-8-18/h3,5-11,13,15H,1,4,12,14H2,2H3,(H,29,36)(H,30,31,32). The second-order valence-electron chi connectivity index (χ2n) is 7.52. The van der Waals surface area contributed by atoms with E-state index in [1.807, 2.05) is 6.07 Å². The lowest BCUT2D eigenvalue weighted by Crippen LogP contribution is -2.27. The summed E-state index contributed by atoms with van der Waals surface area (Å²) in [4.78, 5) is 33.1. The number of nitriles is 1. The van der Waals surface area contributed by atoms with E-state index in [-0.39, 0.29) is 42.9 Å². The van der Waals surface area contributed by atoms with Crippen molar-refractivity contribution in [3.63, 3.8) is 0 Å².